The van der Waals surface area contributed by atoms with Crippen LogP contribution in [0.15, 0.2) is 48.5 Å². The second-order valence-electron chi connectivity index (χ2n) is 12.3. The molecule has 2 saturated heterocycles. The fraction of sp³-hybridized carbons (Fsp3) is 0.611. The fourth-order valence-electron chi connectivity index (χ4n) is 6.05. The van der Waals surface area contributed by atoms with E-state index in [1.807, 2.05) is 48.5 Å². The van der Waals surface area contributed by atoms with Gasteiger partial charge in [0.05, 0.1) is 64.6 Å². The Bertz CT molecular complexity index is 1020. The second kappa shape index (κ2) is 18.9. The topological polar surface area (TPSA) is 79.9 Å². The molecular weight excluding hydrogens is 556 g/mol. The minimum Gasteiger partial charge on any atom is -0.494 e. The Morgan fingerprint density at radius 1 is 0.636 bits per heavy atom. The molecule has 0 aliphatic carbocycles. The number of morpholine rings is 2. The number of Topliss-reactive ketones (excluding diaryl/α,β-unsaturated/α-hetero) is 2. The maximum atomic E-state index is 14.0. The number of benzene rings is 2. The average Bonchev–Trinajstić information content (AvgIpc) is 3.07. The summed E-state index contributed by atoms with van der Waals surface area (Å²) in [6.07, 6.45) is 5.53. The Labute approximate surface area is 264 Å². The van der Waals surface area contributed by atoms with Gasteiger partial charge in [-0.05, 0) is 74.2 Å². The van der Waals surface area contributed by atoms with E-state index in [-0.39, 0.29) is 23.4 Å². The van der Waals surface area contributed by atoms with Crippen LogP contribution in [0.25, 0.3) is 0 Å². The van der Waals surface area contributed by atoms with Gasteiger partial charge in [0.2, 0.25) is 0 Å². The van der Waals surface area contributed by atoms with E-state index in [9.17, 15) is 9.59 Å². The van der Waals surface area contributed by atoms with Crippen LogP contribution in [0.1, 0.15) is 73.1 Å². The summed E-state index contributed by atoms with van der Waals surface area (Å²) in [4.78, 5) is 30.7. The van der Waals surface area contributed by atoms with Crippen LogP contribution in [-0.2, 0) is 9.47 Å². The second-order valence-corrected chi connectivity index (χ2v) is 12.3. The molecule has 2 aliphatic heterocycles. The van der Waals surface area contributed by atoms with Crippen molar-refractivity contribution in [3.05, 3.63) is 59.7 Å². The van der Waals surface area contributed by atoms with E-state index in [0.717, 1.165) is 103 Å². The van der Waals surface area contributed by atoms with Gasteiger partial charge in [0.1, 0.15) is 37.7 Å². The normalized spacial score (nSPS) is 17.6. The predicted octanol–water partition coefficient (Wildman–Crippen LogP) is 2.95. The number of hydrogen-bond acceptors (Lipinski definition) is 6. The van der Waals surface area contributed by atoms with Crippen molar-refractivity contribution in [3.63, 3.8) is 0 Å². The minimum atomic E-state index is -0.167. The number of carbonyl (C=O) groups is 2. The van der Waals surface area contributed by atoms with Gasteiger partial charge in [-0.15, -0.1) is 0 Å². The number of hydrogen-bond donors (Lipinski definition) is 2. The summed E-state index contributed by atoms with van der Waals surface area (Å²) in [5, 5.41) is 0. The summed E-state index contributed by atoms with van der Waals surface area (Å²) in [6.45, 7) is 13.7. The Kier molecular flexibility index (Phi) is 14.6. The minimum absolute atomic E-state index is 0.155. The van der Waals surface area contributed by atoms with E-state index in [0.29, 0.717) is 37.2 Å². The molecule has 2 N–H and O–H groups in total. The van der Waals surface area contributed by atoms with Crippen LogP contribution >= 0.6 is 0 Å². The molecule has 242 valence electrons. The standard InChI is InChI=1S/C36H52N2O6/c1-3-5-21-43-33-13-9-29(10-14-33)35(39)31(27-37-17-23-41-24-18-37)7-8-32(28-38-19-25-42-26-20-38)36(40)30-11-15-34(16-12-30)44-22-6-4-2/h9-16,31-32H,3-8,17-28H2,1-2H3/p+2. The Morgan fingerprint density at radius 3 is 1.34 bits per heavy atom. The Hall–Kier alpha value is -2.78. The average molecular weight is 611 g/mol. The number of rotatable bonds is 19. The molecule has 0 radical (unpaired) electrons. The third kappa shape index (κ3) is 11.0. The molecule has 2 atom stereocenters. The summed E-state index contributed by atoms with van der Waals surface area (Å²) in [5.74, 6) is 1.57. The van der Waals surface area contributed by atoms with Crippen molar-refractivity contribution >= 4 is 11.6 Å². The van der Waals surface area contributed by atoms with Gasteiger partial charge in [-0.3, -0.25) is 9.59 Å². The Balaban J connectivity index is 1.47. The van der Waals surface area contributed by atoms with Crippen LogP contribution in [0.5, 0.6) is 11.5 Å². The van der Waals surface area contributed by atoms with Crippen LogP contribution in [0.2, 0.25) is 0 Å². The van der Waals surface area contributed by atoms with Gasteiger partial charge >= 0.3 is 0 Å². The Morgan fingerprint density at radius 2 is 1.00 bits per heavy atom. The van der Waals surface area contributed by atoms with Crippen molar-refractivity contribution in [3.8, 4) is 11.5 Å². The number of unbranched alkanes of at least 4 members (excludes halogenated alkanes) is 2. The van der Waals surface area contributed by atoms with Crippen molar-refractivity contribution in [1.29, 1.82) is 0 Å². The first-order chi connectivity index (χ1) is 21.6. The van der Waals surface area contributed by atoms with Crippen molar-refractivity contribution in [2.45, 2.75) is 52.4 Å². The first-order valence-corrected chi connectivity index (χ1v) is 16.9. The molecular formula is C36H54N2O6+2. The van der Waals surface area contributed by atoms with E-state index in [4.69, 9.17) is 18.9 Å². The molecule has 2 aliphatic rings. The van der Waals surface area contributed by atoms with Crippen LogP contribution in [0.3, 0.4) is 0 Å². The largest absolute Gasteiger partial charge is 0.494 e. The highest BCUT2D eigenvalue weighted by Gasteiger charge is 2.32. The monoisotopic (exact) mass is 610 g/mol. The van der Waals surface area contributed by atoms with Crippen LogP contribution in [0, 0.1) is 11.8 Å². The number of carbonyl (C=O) groups excluding carboxylic acids is 2. The zero-order valence-corrected chi connectivity index (χ0v) is 27.0. The van der Waals surface area contributed by atoms with Crippen LogP contribution in [0.4, 0.5) is 0 Å². The lowest BCUT2D eigenvalue weighted by molar-refractivity contribution is -0.911. The fourth-order valence-corrected chi connectivity index (χ4v) is 6.05. The molecule has 4 rings (SSSR count). The van der Waals surface area contributed by atoms with Gasteiger partial charge < -0.3 is 28.7 Å². The summed E-state index contributed by atoms with van der Waals surface area (Å²) in [5.41, 5.74) is 1.43. The lowest BCUT2D eigenvalue weighted by atomic mass is 9.86. The predicted molar refractivity (Wildman–Crippen MR) is 171 cm³/mol. The third-order valence-corrected chi connectivity index (χ3v) is 8.89. The highest BCUT2D eigenvalue weighted by Crippen LogP contribution is 2.23. The lowest BCUT2D eigenvalue weighted by Gasteiger charge is -2.29. The molecule has 0 saturated carbocycles. The molecule has 0 bridgehead atoms. The first-order valence-electron chi connectivity index (χ1n) is 16.9. The molecule has 2 aromatic rings. The molecule has 2 heterocycles. The maximum Gasteiger partial charge on any atom is 0.171 e. The molecule has 44 heavy (non-hydrogen) atoms. The van der Waals surface area contributed by atoms with Crippen molar-refractivity contribution < 1.29 is 38.3 Å². The SMILES string of the molecule is CCCCOc1ccc(C(=O)C(CCC(C[NH+]2CCOCC2)C(=O)c2ccc(OCCCC)cc2)C[NH+]2CCOCC2)cc1. The molecule has 0 aromatic heterocycles. The zero-order chi connectivity index (χ0) is 31.0. The van der Waals surface area contributed by atoms with Gasteiger partial charge in [-0.25, -0.2) is 0 Å². The first kappa shape index (κ1) is 34.1. The number of nitrogens with one attached hydrogen (secondary N) is 2. The highest BCUT2D eigenvalue weighted by atomic mass is 16.5. The van der Waals surface area contributed by atoms with Crippen LogP contribution < -0.4 is 19.3 Å². The summed E-state index contributed by atoms with van der Waals surface area (Å²) >= 11 is 0. The van der Waals surface area contributed by atoms with Gasteiger partial charge in [0.25, 0.3) is 0 Å². The summed E-state index contributed by atoms with van der Waals surface area (Å²) in [6, 6.07) is 15.2. The van der Waals surface area contributed by atoms with Crippen LogP contribution in [-0.4, -0.2) is 90.5 Å². The number of quaternary nitrogens is 2. The van der Waals surface area contributed by atoms with Gasteiger partial charge in [-0.2, -0.15) is 0 Å². The molecule has 8 nitrogen and oxygen atoms in total. The smallest absolute Gasteiger partial charge is 0.171 e. The molecule has 8 heteroatoms. The lowest BCUT2D eigenvalue weighted by Crippen LogP contribution is -3.15. The van der Waals surface area contributed by atoms with E-state index >= 15 is 0 Å². The van der Waals surface area contributed by atoms with Gasteiger partial charge in [-0.1, -0.05) is 26.7 Å². The molecule has 2 unspecified atom stereocenters. The van der Waals surface area contributed by atoms with Crippen molar-refractivity contribution in [2.24, 2.45) is 11.8 Å². The third-order valence-electron chi connectivity index (χ3n) is 8.89. The molecule has 0 amide bonds. The van der Waals surface area contributed by atoms with E-state index < -0.39 is 0 Å². The molecule has 0 spiro atoms. The van der Waals surface area contributed by atoms with E-state index in [2.05, 4.69) is 13.8 Å². The maximum absolute atomic E-state index is 14.0. The van der Waals surface area contributed by atoms with E-state index in [1.165, 1.54) is 9.80 Å². The van der Waals surface area contributed by atoms with Gasteiger partial charge in [0, 0.05) is 11.1 Å². The quantitative estimate of drug-likeness (QED) is 0.188. The number of ketones is 2. The molecule has 2 fully saturated rings. The summed E-state index contributed by atoms with van der Waals surface area (Å²) < 4.78 is 22.8. The van der Waals surface area contributed by atoms with Crippen molar-refractivity contribution in [1.82, 2.24) is 0 Å². The van der Waals surface area contributed by atoms with Gasteiger partial charge in [0.15, 0.2) is 11.6 Å². The van der Waals surface area contributed by atoms with E-state index in [1.54, 1.807) is 0 Å². The molecule has 2 aromatic carbocycles. The van der Waals surface area contributed by atoms with Crippen molar-refractivity contribution in [2.75, 3.05) is 78.9 Å². The highest BCUT2D eigenvalue weighted by molar-refractivity contribution is 5.99. The number of ether oxygens (including phenoxy) is 4. The summed E-state index contributed by atoms with van der Waals surface area (Å²) in [7, 11) is 0. The zero-order valence-electron chi connectivity index (χ0n) is 27.0.